The van der Waals surface area contributed by atoms with Gasteiger partial charge in [0, 0.05) is 21.3 Å². The lowest BCUT2D eigenvalue weighted by Gasteiger charge is -2.12. The van der Waals surface area contributed by atoms with Crippen molar-refractivity contribution in [2.24, 2.45) is 0 Å². The Kier molecular flexibility index (Phi) is 5.65. The zero-order valence-corrected chi connectivity index (χ0v) is 14.0. The Bertz CT molecular complexity index is 583. The molecule has 0 radical (unpaired) electrons. The van der Waals surface area contributed by atoms with Gasteiger partial charge in [-0.2, -0.15) is 0 Å². The average Bonchev–Trinajstić information content (AvgIpc) is 2.91. The summed E-state index contributed by atoms with van der Waals surface area (Å²) in [6, 6.07) is 9.44. The topological polar surface area (TPSA) is 49.3 Å². The molecule has 1 atom stereocenters. The first-order valence-corrected chi connectivity index (χ1v) is 8.84. The van der Waals surface area contributed by atoms with Crippen LogP contribution in [0.15, 0.2) is 45.1 Å². The molecule has 1 aromatic heterocycles. The second-order valence-corrected chi connectivity index (χ2v) is 6.83. The van der Waals surface area contributed by atoms with Gasteiger partial charge in [0.25, 0.3) is 5.91 Å². The standard InChI is InChI=1S/C14H14BrNO2S2/c1-19-11-4-2-9(3-5-11)12(17)7-16-14(18)13-6-10(15)8-20-13/h2-6,8,12,17H,7H2,1H3,(H,16,18)/t12-/m0/s1. The molecular weight excluding hydrogens is 358 g/mol. The number of aliphatic hydroxyl groups is 1. The van der Waals surface area contributed by atoms with E-state index in [-0.39, 0.29) is 12.5 Å². The largest absolute Gasteiger partial charge is 0.387 e. The molecule has 0 aliphatic rings. The number of hydrogen-bond acceptors (Lipinski definition) is 4. The third kappa shape index (κ3) is 4.09. The number of rotatable bonds is 5. The van der Waals surface area contributed by atoms with Gasteiger partial charge in [-0.15, -0.1) is 23.1 Å². The van der Waals surface area contributed by atoms with Gasteiger partial charge in [-0.1, -0.05) is 12.1 Å². The summed E-state index contributed by atoms with van der Waals surface area (Å²) in [4.78, 5) is 13.6. The van der Waals surface area contributed by atoms with Crippen molar-refractivity contribution in [2.75, 3.05) is 12.8 Å². The molecule has 0 fully saturated rings. The Morgan fingerprint density at radius 3 is 2.70 bits per heavy atom. The van der Waals surface area contributed by atoms with Crippen molar-refractivity contribution in [3.05, 3.63) is 50.6 Å². The SMILES string of the molecule is CSc1ccc([C@@H](O)CNC(=O)c2cc(Br)cs2)cc1. The Morgan fingerprint density at radius 2 is 2.15 bits per heavy atom. The highest BCUT2D eigenvalue weighted by atomic mass is 79.9. The van der Waals surface area contributed by atoms with Gasteiger partial charge in [0.05, 0.1) is 11.0 Å². The third-order valence-electron chi connectivity index (χ3n) is 2.75. The van der Waals surface area contributed by atoms with Crippen LogP contribution >= 0.6 is 39.0 Å². The van der Waals surface area contributed by atoms with Crippen LogP contribution in [0, 0.1) is 0 Å². The molecule has 2 N–H and O–H groups in total. The minimum Gasteiger partial charge on any atom is -0.387 e. The van der Waals surface area contributed by atoms with E-state index in [0.717, 1.165) is 14.9 Å². The summed E-state index contributed by atoms with van der Waals surface area (Å²) < 4.78 is 0.890. The quantitative estimate of drug-likeness (QED) is 0.787. The first-order valence-electron chi connectivity index (χ1n) is 5.94. The lowest BCUT2D eigenvalue weighted by molar-refractivity contribution is 0.0920. The van der Waals surface area contributed by atoms with E-state index in [2.05, 4.69) is 21.2 Å². The van der Waals surface area contributed by atoms with Gasteiger partial charge in [-0.3, -0.25) is 4.79 Å². The second kappa shape index (κ2) is 7.26. The van der Waals surface area contributed by atoms with Gasteiger partial charge in [-0.25, -0.2) is 0 Å². The number of thioether (sulfide) groups is 1. The summed E-state index contributed by atoms with van der Waals surface area (Å²) in [5.74, 6) is -0.166. The van der Waals surface area contributed by atoms with E-state index in [1.807, 2.05) is 35.9 Å². The summed E-state index contributed by atoms with van der Waals surface area (Å²) in [6.07, 6.45) is 1.31. The number of benzene rings is 1. The summed E-state index contributed by atoms with van der Waals surface area (Å²) >= 11 is 6.33. The number of halogens is 1. The van der Waals surface area contributed by atoms with Gasteiger partial charge in [-0.05, 0) is 45.9 Å². The minimum absolute atomic E-state index is 0.166. The average molecular weight is 372 g/mol. The predicted molar refractivity (Wildman–Crippen MR) is 87.5 cm³/mol. The second-order valence-electron chi connectivity index (χ2n) is 4.13. The fourth-order valence-corrected chi connectivity index (χ4v) is 3.40. The van der Waals surface area contributed by atoms with E-state index in [1.54, 1.807) is 17.8 Å². The van der Waals surface area contributed by atoms with Crippen molar-refractivity contribution in [3.63, 3.8) is 0 Å². The van der Waals surface area contributed by atoms with Crippen molar-refractivity contribution in [2.45, 2.75) is 11.0 Å². The van der Waals surface area contributed by atoms with E-state index in [4.69, 9.17) is 0 Å². The van der Waals surface area contributed by atoms with Gasteiger partial charge >= 0.3 is 0 Å². The van der Waals surface area contributed by atoms with Gasteiger partial charge in [0.2, 0.25) is 0 Å². The van der Waals surface area contributed by atoms with Gasteiger partial charge < -0.3 is 10.4 Å². The van der Waals surface area contributed by atoms with E-state index in [1.165, 1.54) is 11.3 Å². The monoisotopic (exact) mass is 371 g/mol. The van der Waals surface area contributed by atoms with Crippen LogP contribution in [0.4, 0.5) is 0 Å². The van der Waals surface area contributed by atoms with Crippen LogP contribution in [0.25, 0.3) is 0 Å². The molecule has 1 amide bonds. The zero-order chi connectivity index (χ0) is 14.5. The molecule has 1 heterocycles. The molecule has 0 aliphatic carbocycles. The number of thiophene rings is 1. The number of nitrogens with one attached hydrogen (secondary N) is 1. The fourth-order valence-electron chi connectivity index (χ4n) is 1.65. The highest BCUT2D eigenvalue weighted by Gasteiger charge is 2.12. The van der Waals surface area contributed by atoms with Crippen LogP contribution in [-0.4, -0.2) is 23.8 Å². The maximum atomic E-state index is 11.9. The van der Waals surface area contributed by atoms with E-state index in [9.17, 15) is 9.90 Å². The zero-order valence-electron chi connectivity index (χ0n) is 10.8. The Hall–Kier alpha value is -0.820. The normalized spacial score (nSPS) is 12.2. The van der Waals surface area contributed by atoms with E-state index < -0.39 is 6.10 Å². The first-order chi connectivity index (χ1) is 9.60. The molecule has 0 saturated carbocycles. The molecule has 0 saturated heterocycles. The molecule has 0 bridgehead atoms. The minimum atomic E-state index is -0.696. The number of carbonyl (C=O) groups is 1. The Labute approximate surface area is 134 Å². The van der Waals surface area contributed by atoms with E-state index >= 15 is 0 Å². The van der Waals surface area contributed by atoms with Gasteiger partial charge in [0.1, 0.15) is 0 Å². The molecular formula is C14H14BrNO2S2. The molecule has 3 nitrogen and oxygen atoms in total. The highest BCUT2D eigenvalue weighted by molar-refractivity contribution is 9.10. The molecule has 0 aliphatic heterocycles. The molecule has 0 spiro atoms. The number of amides is 1. The maximum absolute atomic E-state index is 11.9. The summed E-state index contributed by atoms with van der Waals surface area (Å²) in [5.41, 5.74) is 0.801. The summed E-state index contributed by atoms with van der Waals surface area (Å²) in [7, 11) is 0. The van der Waals surface area contributed by atoms with Crippen LogP contribution < -0.4 is 5.32 Å². The molecule has 0 unspecified atom stereocenters. The van der Waals surface area contributed by atoms with Crippen LogP contribution in [0.2, 0.25) is 0 Å². The lowest BCUT2D eigenvalue weighted by Crippen LogP contribution is -2.27. The van der Waals surface area contributed by atoms with Crippen LogP contribution in [0.5, 0.6) is 0 Å². The van der Waals surface area contributed by atoms with Crippen molar-refractivity contribution < 1.29 is 9.90 Å². The Balaban J connectivity index is 1.91. The molecule has 106 valence electrons. The molecule has 2 rings (SSSR count). The molecule has 2 aromatic rings. The fraction of sp³-hybridized carbons (Fsp3) is 0.214. The number of carbonyl (C=O) groups excluding carboxylic acids is 1. The molecule has 20 heavy (non-hydrogen) atoms. The van der Waals surface area contributed by atoms with Crippen LogP contribution in [0.1, 0.15) is 21.3 Å². The number of aliphatic hydroxyl groups excluding tert-OH is 1. The first kappa shape index (κ1) is 15.6. The summed E-state index contributed by atoms with van der Waals surface area (Å²) in [6.45, 7) is 0.201. The lowest BCUT2D eigenvalue weighted by atomic mass is 10.1. The third-order valence-corrected chi connectivity index (χ3v) is 5.18. The van der Waals surface area contributed by atoms with Crippen LogP contribution in [0.3, 0.4) is 0 Å². The van der Waals surface area contributed by atoms with Crippen molar-refractivity contribution in [1.82, 2.24) is 5.32 Å². The van der Waals surface area contributed by atoms with Crippen molar-refractivity contribution in [1.29, 1.82) is 0 Å². The highest BCUT2D eigenvalue weighted by Crippen LogP contribution is 2.21. The van der Waals surface area contributed by atoms with Crippen molar-refractivity contribution in [3.8, 4) is 0 Å². The van der Waals surface area contributed by atoms with Gasteiger partial charge in [0.15, 0.2) is 0 Å². The molecule has 6 heteroatoms. The summed E-state index contributed by atoms with van der Waals surface area (Å²) in [5, 5.41) is 14.6. The smallest absolute Gasteiger partial charge is 0.261 e. The predicted octanol–water partition coefficient (Wildman–Crippen LogP) is 3.70. The molecule has 1 aromatic carbocycles. The Morgan fingerprint density at radius 1 is 1.45 bits per heavy atom. The van der Waals surface area contributed by atoms with Crippen LogP contribution in [-0.2, 0) is 0 Å². The van der Waals surface area contributed by atoms with Crippen molar-refractivity contribution >= 4 is 44.9 Å². The van der Waals surface area contributed by atoms with E-state index in [0.29, 0.717) is 4.88 Å². The number of hydrogen-bond donors (Lipinski definition) is 2. The maximum Gasteiger partial charge on any atom is 0.261 e.